The first-order chi connectivity index (χ1) is 37.6. The number of aryl methyl sites for hydroxylation is 1. The average molecular weight is 1230 g/mol. The van der Waals surface area contributed by atoms with Crippen molar-refractivity contribution in [1.82, 2.24) is 53.6 Å². The molecule has 0 bridgehead atoms. The first-order valence-electron chi connectivity index (χ1n) is 23.3. The van der Waals surface area contributed by atoms with Crippen LogP contribution >= 0.6 is 30.2 Å². The van der Waals surface area contributed by atoms with Crippen LogP contribution in [0.1, 0.15) is 32.5 Å². The summed E-state index contributed by atoms with van der Waals surface area (Å²) in [5, 5.41) is 25.4. The third-order valence-electron chi connectivity index (χ3n) is 12.4. The summed E-state index contributed by atoms with van der Waals surface area (Å²) in [5.74, 6) is -0.294. The molecule has 6 aromatic heterocycles. The molecule has 3 aliphatic heterocycles. The number of aliphatic hydroxyl groups is 2. The first-order valence-corrected chi connectivity index (χ1v) is 30.2. The van der Waals surface area contributed by atoms with Gasteiger partial charge in [-0.3, -0.25) is 55.6 Å². The highest BCUT2D eigenvalue weighted by atomic mass is 32.5. The number of nitrogens with one attached hydrogen (secondary N) is 3. The highest BCUT2D eigenvalue weighted by molar-refractivity contribution is 8.09. The van der Waals surface area contributed by atoms with Crippen molar-refractivity contribution in [1.29, 1.82) is 0 Å². The van der Waals surface area contributed by atoms with E-state index in [9.17, 15) is 53.1 Å². The summed E-state index contributed by atoms with van der Waals surface area (Å²) in [4.78, 5) is 108. The number of methoxy groups -OCH3 is 2. The molecule has 38 nitrogen and oxygen atoms in total. The Kier molecular flexibility index (Phi) is 17.3. The zero-order valence-corrected chi connectivity index (χ0v) is 46.6. The van der Waals surface area contributed by atoms with Crippen LogP contribution in [-0.4, -0.2) is 166 Å². The number of aromatic amines is 2. The van der Waals surface area contributed by atoms with E-state index in [4.69, 9.17) is 58.0 Å². The Labute approximate surface area is 453 Å². The number of aliphatic hydroxyl groups excluding tert-OH is 2. The van der Waals surface area contributed by atoms with Crippen LogP contribution in [-0.2, 0) is 87.7 Å². The van der Waals surface area contributed by atoms with Crippen LogP contribution < -0.4 is 52.0 Å². The van der Waals surface area contributed by atoms with Crippen LogP contribution in [0.25, 0.3) is 33.5 Å². The monoisotopic (exact) mass is 1230 g/mol. The van der Waals surface area contributed by atoms with E-state index >= 15 is 0 Å². The van der Waals surface area contributed by atoms with E-state index in [0.29, 0.717) is 0 Å². The largest absolute Gasteiger partial charge is 0.779 e. The predicted octanol–water partition coefficient (Wildman–Crippen LogP) is -4.58. The van der Waals surface area contributed by atoms with Gasteiger partial charge in [0.25, 0.3) is 40.5 Å². The molecule has 3 saturated heterocycles. The van der Waals surface area contributed by atoms with Gasteiger partial charge >= 0.3 is 5.65 Å². The van der Waals surface area contributed by atoms with Crippen LogP contribution in [0.4, 0.5) is 17.7 Å². The van der Waals surface area contributed by atoms with Crippen LogP contribution in [0, 0.1) is 0 Å². The van der Waals surface area contributed by atoms with Gasteiger partial charge in [-0.15, -0.1) is 0 Å². The number of fused-ring (bicyclic) bond motifs is 3. The van der Waals surface area contributed by atoms with Crippen LogP contribution in [0.3, 0.4) is 0 Å². The lowest BCUT2D eigenvalue weighted by molar-refractivity contribution is -0.745. The average Bonchev–Trinajstić information content (AvgIpc) is 4.22. The van der Waals surface area contributed by atoms with E-state index in [1.807, 2.05) is 0 Å². The first kappa shape index (κ1) is 59.9. The number of H-pyrrole nitrogens is 2. The third-order valence-corrected chi connectivity index (χ3v) is 18.7. The van der Waals surface area contributed by atoms with Crippen LogP contribution in [0.15, 0.2) is 34.9 Å². The normalized spacial score (nSPS) is 29.4. The van der Waals surface area contributed by atoms with Gasteiger partial charge in [-0.2, -0.15) is 4.98 Å². The second-order valence-corrected chi connectivity index (χ2v) is 25.2. The lowest BCUT2D eigenvalue weighted by atomic mass is 10.1. The topological polar surface area (TPSA) is 520 Å². The fourth-order valence-electron chi connectivity index (χ4n) is 9.17. The molecule has 0 saturated carbocycles. The molecular weight excluding hydrogens is 1180 g/mol. The number of anilines is 3. The lowest BCUT2D eigenvalue weighted by Crippen LogP contribution is -2.46. The van der Waals surface area contributed by atoms with Crippen molar-refractivity contribution < 1.29 is 103 Å². The number of rotatable bonds is 23. The zero-order chi connectivity index (χ0) is 58.0. The fourth-order valence-corrected chi connectivity index (χ4v) is 15.0. The van der Waals surface area contributed by atoms with Crippen molar-refractivity contribution in [3.8, 4) is 0 Å². The van der Waals surface area contributed by atoms with Crippen LogP contribution in [0.2, 0.25) is 0 Å². The van der Waals surface area contributed by atoms with Crippen molar-refractivity contribution >= 4 is 93.2 Å². The minimum atomic E-state index is -6.09. The molecule has 7 unspecified atom stereocenters. The predicted molar refractivity (Wildman–Crippen MR) is 261 cm³/mol. The van der Waals surface area contributed by atoms with Gasteiger partial charge in [0.15, 0.2) is 41.4 Å². The molecule has 9 rings (SSSR count). The molecule has 9 heterocycles. The van der Waals surface area contributed by atoms with E-state index in [-0.39, 0.29) is 51.2 Å². The van der Waals surface area contributed by atoms with Crippen molar-refractivity contribution in [2.24, 2.45) is 7.05 Å². The molecule has 80 heavy (non-hydrogen) atoms. The van der Waals surface area contributed by atoms with Gasteiger partial charge in [-0.25, -0.2) is 24.5 Å². The summed E-state index contributed by atoms with van der Waals surface area (Å²) in [7, 11) is -12.4. The van der Waals surface area contributed by atoms with Crippen molar-refractivity contribution in [2.75, 3.05) is 57.9 Å². The summed E-state index contributed by atoms with van der Waals surface area (Å²) in [6.45, 7) is -5.66. The number of hydrogen-bond acceptors (Lipinski definition) is 33. The maximum Gasteiger partial charge on any atom is 0.313 e. The van der Waals surface area contributed by atoms with E-state index in [0.717, 1.165) is 20.5 Å². The molecule has 43 heteroatoms. The number of hydrogen-bond donors (Lipinski definition) is 7. The third kappa shape index (κ3) is 12.3. The Morgan fingerprint density at radius 3 is 1.95 bits per heavy atom. The summed E-state index contributed by atoms with van der Waals surface area (Å²) < 4.78 is 109. The summed E-state index contributed by atoms with van der Waals surface area (Å²) in [6, 6.07) is 0. The summed E-state index contributed by atoms with van der Waals surface area (Å²) in [5.41, 5.74) is 10.2. The second-order valence-electron chi connectivity index (χ2n) is 18.0. The van der Waals surface area contributed by atoms with Gasteiger partial charge in [0.05, 0.1) is 45.6 Å². The lowest BCUT2D eigenvalue weighted by Gasteiger charge is -2.38. The molecule has 0 aromatic carbocycles. The number of ether oxygens (including phenoxy) is 6. The Morgan fingerprint density at radius 2 is 1.32 bits per heavy atom. The molecule has 440 valence electrons. The Balaban J connectivity index is 0.889. The number of phosphoric ester groups is 3. The highest BCUT2D eigenvalue weighted by Gasteiger charge is 2.52. The van der Waals surface area contributed by atoms with Gasteiger partial charge < -0.3 is 93.1 Å². The molecule has 0 radical (unpaired) electrons. The van der Waals surface area contributed by atoms with Crippen molar-refractivity contribution in [3.05, 3.63) is 46.0 Å². The number of imidazole rings is 3. The fraction of sp³-hybridized carbons (Fsp3) is 0.595. The minimum absolute atomic E-state index is 0.0264. The number of phosphoric acid groups is 3. The van der Waals surface area contributed by atoms with E-state index in [1.165, 1.54) is 44.3 Å². The molecule has 3 fully saturated rings. The SMILES string of the molecule is CNc1ncnc2c1ncn2[C@@H]1O[C@H](COP(=O)([O-])OP([O-])(=S)OP(=O)([O-])OC[C@H]2O[C@@H]([n+]3cn(C)c4c(=O)[nH]c(N)nc43)C(O)[C@H]2OC)[C@H](OP(=O)([O-])OC[C@H]2O[C@@H](n3cnc4c(=O)[nH]c(N)nc43)C(O)[C@H]2OC(C)C)C1OC. The number of nitrogens with two attached hydrogens (primary N) is 2. The maximum absolute atomic E-state index is 13.9. The van der Waals surface area contributed by atoms with E-state index < -0.39 is 141 Å². The number of nitrogens with zero attached hydrogens (tertiary/aromatic N) is 10. The number of aromatic nitrogens is 12. The molecule has 6 aromatic rings. The Morgan fingerprint density at radius 1 is 0.762 bits per heavy atom. The molecule has 0 spiro atoms. The second kappa shape index (κ2) is 23.1. The van der Waals surface area contributed by atoms with Crippen molar-refractivity contribution in [3.63, 3.8) is 0 Å². The van der Waals surface area contributed by atoms with Crippen molar-refractivity contribution in [2.45, 2.75) is 93.6 Å². The summed E-state index contributed by atoms with van der Waals surface area (Å²) in [6.07, 6.45) is -13.8. The highest BCUT2D eigenvalue weighted by Crippen LogP contribution is 2.63. The van der Waals surface area contributed by atoms with Gasteiger partial charge in [0, 0.05) is 21.3 Å². The molecule has 9 N–H and O–H groups in total. The van der Waals surface area contributed by atoms with Gasteiger partial charge in [-0.1, -0.05) is 16.8 Å². The summed E-state index contributed by atoms with van der Waals surface area (Å²) >= 11 is 4.60. The maximum atomic E-state index is 13.9. The quantitative estimate of drug-likeness (QED) is 0.0234. The Hall–Kier alpha value is -4.73. The standard InChI is InChI=1S/C37H53N15O23P4S/c1-14(2)69-24-16(71-33(22(24)54)51-12-44-19-29(51)45-36(38)47-31(19)55)8-66-76(57,58)73-25-17(72-35(26(25)65-6)50-11-43-18-27(40-3)41-10-42-28(18)50)9-68-78(61,62)75-79(63,80)74-77(59,60)67-7-15-23(64-5)21(53)34(70-15)52-13-49(4)20-30(52)46-37(39)48-32(20)56/h10-17,21-26,33-35,53-54H,7-9H2,1-6H3,(H10-,38,39,40,41,42,45,46,47,48,55,56,57,58,59,60,61,62,63,80)/p-3/t15-,16-,17-,21?,22?,23+,24+,25+,26?,33-,34-,35-,79?/m1/s1. The zero-order valence-electron chi connectivity index (χ0n) is 42.2. The number of nitrogen functional groups attached to an aromatic ring is 2. The smallest absolute Gasteiger partial charge is 0.313 e. The van der Waals surface area contributed by atoms with Crippen LogP contribution in [0.5, 0.6) is 0 Å². The minimum Gasteiger partial charge on any atom is -0.779 e. The molecular formula is C37H50N15O23P4S-3. The van der Waals surface area contributed by atoms with Gasteiger partial charge in [0.1, 0.15) is 73.5 Å². The van der Waals surface area contributed by atoms with E-state index in [1.54, 1.807) is 20.9 Å². The van der Waals surface area contributed by atoms with E-state index in [2.05, 4.69) is 65.6 Å². The van der Waals surface area contributed by atoms with Gasteiger partial charge in [-0.05, 0) is 13.8 Å². The molecule has 16 atom stereocenters. The van der Waals surface area contributed by atoms with Gasteiger partial charge in [0.2, 0.25) is 17.7 Å². The molecule has 3 aliphatic rings. The Bertz CT molecular complexity index is 3590. The molecule has 0 aliphatic carbocycles. The molecule has 0 amide bonds.